The number of phenolic OH excluding ortho intramolecular Hbond substituents is 3. The monoisotopic (exact) mass is 594 g/mol. The lowest BCUT2D eigenvalue weighted by Gasteiger charge is -2.39. The number of hydrogen-bond acceptors (Lipinski definition) is 13. The molecule has 0 saturated carbocycles. The van der Waals surface area contributed by atoms with E-state index in [2.05, 4.69) is 0 Å². The summed E-state index contributed by atoms with van der Waals surface area (Å²) >= 11 is 0. The fraction of sp³-hybridized carbons (Fsp3) is 0.200. The fourth-order valence-corrected chi connectivity index (χ4v) is 4.40. The maximum atomic E-state index is 12.8. The van der Waals surface area contributed by atoms with E-state index in [9.17, 15) is 45.3 Å². The predicted molar refractivity (Wildman–Crippen MR) is 148 cm³/mol. The van der Waals surface area contributed by atoms with Crippen LogP contribution in [0.3, 0.4) is 0 Å². The molecular weight excluding hydrogens is 568 g/mol. The number of carbonyl (C=O) groups excluding carboxylic acids is 1. The molecule has 0 radical (unpaired) electrons. The highest BCUT2D eigenvalue weighted by atomic mass is 16.7. The summed E-state index contributed by atoms with van der Waals surface area (Å²) in [6, 6.07) is 13.5. The van der Waals surface area contributed by atoms with Crippen LogP contribution >= 0.6 is 0 Å². The van der Waals surface area contributed by atoms with E-state index < -0.39 is 54.5 Å². The van der Waals surface area contributed by atoms with Crippen molar-refractivity contribution in [3.8, 4) is 40.1 Å². The standard InChI is InChI=1S/C30H26O13/c31-13-24-27(37)28(38)29(39)30(43-24)41-17-10-20(34)26-21(35)12-22(42-23(26)11-17)15-3-5-16(6-4-15)40-25(36)8-2-14-1-7-18(32)19(33)9-14/h1-12,24,27-34,37-39H,13H2/b8-2+/t24?,27-,28+,29?,30-/m1/s1. The first-order chi connectivity index (χ1) is 20.5. The molecule has 1 saturated heterocycles. The first-order valence-corrected chi connectivity index (χ1v) is 12.8. The molecule has 0 amide bonds. The van der Waals surface area contributed by atoms with Gasteiger partial charge in [-0.15, -0.1) is 0 Å². The molecule has 4 aromatic rings. The maximum absolute atomic E-state index is 12.8. The van der Waals surface area contributed by atoms with Gasteiger partial charge in [0, 0.05) is 29.8 Å². The molecule has 2 heterocycles. The molecule has 224 valence electrons. The topological polar surface area (TPSA) is 217 Å². The zero-order valence-corrected chi connectivity index (χ0v) is 22.1. The van der Waals surface area contributed by atoms with Crippen LogP contribution in [-0.2, 0) is 9.53 Å². The number of aromatic hydroxyl groups is 3. The molecule has 2 unspecified atom stereocenters. The highest BCUT2D eigenvalue weighted by Crippen LogP contribution is 2.33. The Kier molecular flexibility index (Phi) is 8.34. The van der Waals surface area contributed by atoms with Crippen molar-refractivity contribution in [3.63, 3.8) is 0 Å². The van der Waals surface area contributed by atoms with Crippen LogP contribution in [0.2, 0.25) is 0 Å². The van der Waals surface area contributed by atoms with Gasteiger partial charge in [0.2, 0.25) is 6.29 Å². The third kappa shape index (κ3) is 6.30. The minimum absolute atomic E-state index is 0.0806. The normalized spacial score (nSPS) is 22.1. The smallest absolute Gasteiger partial charge is 0.336 e. The van der Waals surface area contributed by atoms with Gasteiger partial charge in [0.05, 0.1) is 6.61 Å². The Morgan fingerprint density at radius 2 is 1.58 bits per heavy atom. The van der Waals surface area contributed by atoms with Crippen molar-refractivity contribution in [2.24, 2.45) is 0 Å². The number of hydrogen-bond donors (Lipinski definition) is 7. The Morgan fingerprint density at radius 3 is 2.28 bits per heavy atom. The highest BCUT2D eigenvalue weighted by Gasteiger charge is 2.44. The van der Waals surface area contributed by atoms with Crippen molar-refractivity contribution in [2.45, 2.75) is 30.7 Å². The highest BCUT2D eigenvalue weighted by molar-refractivity contribution is 5.89. The van der Waals surface area contributed by atoms with E-state index in [0.717, 1.165) is 18.2 Å². The van der Waals surface area contributed by atoms with Crippen molar-refractivity contribution >= 4 is 23.0 Å². The first kappa shape index (κ1) is 29.6. The molecule has 5 atom stereocenters. The number of esters is 1. The Bertz CT molecular complexity index is 1730. The van der Waals surface area contributed by atoms with Gasteiger partial charge in [-0.25, -0.2) is 4.79 Å². The average molecular weight is 595 g/mol. The summed E-state index contributed by atoms with van der Waals surface area (Å²) in [4.78, 5) is 25.0. The lowest BCUT2D eigenvalue weighted by molar-refractivity contribution is -0.277. The molecule has 13 nitrogen and oxygen atoms in total. The Hall–Kier alpha value is -4.92. The molecule has 3 aromatic carbocycles. The number of fused-ring (bicyclic) bond motifs is 1. The van der Waals surface area contributed by atoms with E-state index in [1.807, 2.05) is 0 Å². The second-order valence-electron chi connectivity index (χ2n) is 9.63. The van der Waals surface area contributed by atoms with Crippen LogP contribution < -0.4 is 14.9 Å². The largest absolute Gasteiger partial charge is 0.507 e. The molecule has 0 bridgehead atoms. The van der Waals surface area contributed by atoms with Gasteiger partial charge >= 0.3 is 5.97 Å². The summed E-state index contributed by atoms with van der Waals surface area (Å²) in [6.45, 7) is -0.661. The number of phenols is 3. The molecule has 1 aliphatic heterocycles. The van der Waals surface area contributed by atoms with Crippen LogP contribution in [0.25, 0.3) is 28.4 Å². The number of benzene rings is 3. The van der Waals surface area contributed by atoms with Crippen LogP contribution in [0.1, 0.15) is 5.56 Å². The zero-order valence-electron chi connectivity index (χ0n) is 22.1. The van der Waals surface area contributed by atoms with Crippen molar-refractivity contribution in [1.82, 2.24) is 0 Å². The van der Waals surface area contributed by atoms with Crippen LogP contribution in [-0.4, -0.2) is 79.0 Å². The van der Waals surface area contributed by atoms with Gasteiger partial charge in [-0.05, 0) is 48.0 Å². The maximum Gasteiger partial charge on any atom is 0.336 e. The first-order valence-electron chi connectivity index (χ1n) is 12.8. The second kappa shape index (κ2) is 12.1. The van der Waals surface area contributed by atoms with Crippen LogP contribution in [0, 0.1) is 0 Å². The summed E-state index contributed by atoms with van der Waals surface area (Å²) in [5.41, 5.74) is 0.229. The van der Waals surface area contributed by atoms with Crippen molar-refractivity contribution < 1.29 is 59.2 Å². The van der Waals surface area contributed by atoms with E-state index in [1.165, 1.54) is 54.6 Å². The molecular formula is C30H26O13. The Balaban J connectivity index is 1.33. The number of aliphatic hydroxyl groups is 4. The van der Waals surface area contributed by atoms with E-state index in [1.54, 1.807) is 0 Å². The number of aliphatic hydroxyl groups excluding tert-OH is 4. The third-order valence-corrected chi connectivity index (χ3v) is 6.65. The molecule has 43 heavy (non-hydrogen) atoms. The van der Waals surface area contributed by atoms with Gasteiger partial charge in [-0.2, -0.15) is 0 Å². The molecule has 5 rings (SSSR count). The summed E-state index contributed by atoms with van der Waals surface area (Å²) in [6.07, 6.45) is -5.17. The molecule has 1 aromatic heterocycles. The lowest BCUT2D eigenvalue weighted by atomic mass is 9.99. The quantitative estimate of drug-likeness (QED) is 0.0697. The fourth-order valence-electron chi connectivity index (χ4n) is 4.40. The minimum Gasteiger partial charge on any atom is -0.507 e. The molecule has 0 aliphatic carbocycles. The zero-order chi connectivity index (χ0) is 30.8. The van der Waals surface area contributed by atoms with Gasteiger partial charge in [0.25, 0.3) is 0 Å². The second-order valence-corrected chi connectivity index (χ2v) is 9.63. The van der Waals surface area contributed by atoms with E-state index in [4.69, 9.17) is 18.6 Å². The summed E-state index contributed by atoms with van der Waals surface area (Å²) in [5, 5.41) is 68.9. The van der Waals surface area contributed by atoms with Crippen molar-refractivity contribution in [2.75, 3.05) is 6.61 Å². The number of carbonyl (C=O) groups is 1. The SMILES string of the molecule is O=C(/C=C/c1ccc(O)c(O)c1)Oc1ccc(-c2cc(=O)c3c(O)cc(O[C@@H]4OC(CO)[C@@H](O)[C@H](O)C4O)cc3o2)cc1. The summed E-state index contributed by atoms with van der Waals surface area (Å²) in [7, 11) is 0. The van der Waals surface area contributed by atoms with Crippen molar-refractivity contribution in [1.29, 1.82) is 0 Å². The van der Waals surface area contributed by atoms with Crippen LogP contribution in [0.5, 0.6) is 28.7 Å². The number of rotatable bonds is 7. The Morgan fingerprint density at radius 1 is 0.837 bits per heavy atom. The Labute approximate surface area is 242 Å². The van der Waals surface area contributed by atoms with Crippen LogP contribution in [0.4, 0.5) is 0 Å². The third-order valence-electron chi connectivity index (χ3n) is 6.65. The number of ether oxygens (including phenoxy) is 3. The molecule has 0 spiro atoms. The molecule has 1 fully saturated rings. The van der Waals surface area contributed by atoms with E-state index in [-0.39, 0.29) is 39.7 Å². The lowest BCUT2D eigenvalue weighted by Crippen LogP contribution is -2.60. The van der Waals surface area contributed by atoms with Crippen molar-refractivity contribution in [3.05, 3.63) is 82.5 Å². The van der Waals surface area contributed by atoms with Gasteiger partial charge < -0.3 is 54.4 Å². The van der Waals surface area contributed by atoms with Crippen LogP contribution in [0.15, 0.2) is 76.0 Å². The molecule has 1 aliphatic rings. The van der Waals surface area contributed by atoms with E-state index >= 15 is 0 Å². The van der Waals surface area contributed by atoms with Gasteiger partial charge in [-0.1, -0.05) is 6.07 Å². The van der Waals surface area contributed by atoms with E-state index in [0.29, 0.717) is 11.1 Å². The van der Waals surface area contributed by atoms with Gasteiger partial charge in [-0.3, -0.25) is 4.79 Å². The minimum atomic E-state index is -1.70. The predicted octanol–water partition coefficient (Wildman–Crippen LogP) is 1.37. The average Bonchev–Trinajstić information content (AvgIpc) is 2.98. The van der Waals surface area contributed by atoms with Gasteiger partial charge in [0.15, 0.2) is 16.9 Å². The summed E-state index contributed by atoms with van der Waals surface area (Å²) in [5.74, 6) is -1.64. The summed E-state index contributed by atoms with van der Waals surface area (Å²) < 4.78 is 22.0. The molecule has 13 heteroatoms. The van der Waals surface area contributed by atoms with Gasteiger partial charge in [0.1, 0.15) is 58.4 Å². The molecule has 7 N–H and O–H groups in total.